The molecule has 0 atom stereocenters. The van der Waals surface area contributed by atoms with Crippen LogP contribution >= 0.6 is 0 Å². The van der Waals surface area contributed by atoms with Gasteiger partial charge in [-0.1, -0.05) is 0 Å². The summed E-state index contributed by atoms with van der Waals surface area (Å²) in [5.41, 5.74) is 0. The molecule has 0 unspecified atom stereocenters. The predicted molar refractivity (Wildman–Crippen MR) is 2.20 cm³/mol. The molecule has 0 radical (unpaired) electrons. The van der Waals surface area contributed by atoms with Crippen LogP contribution in [0.15, 0.2) is 0 Å². The minimum Gasteiger partial charge on any atom is -1.00 e. The van der Waals surface area contributed by atoms with Crippen molar-refractivity contribution in [3.8, 4) is 0 Å². The first-order valence-corrected chi connectivity index (χ1v) is 2.78. The zero-order valence-electron chi connectivity index (χ0n) is 4.80. The van der Waals surface area contributed by atoms with E-state index in [1.54, 1.807) is 0 Å². The van der Waals surface area contributed by atoms with Crippen molar-refractivity contribution in [1.82, 2.24) is 0 Å². The Kier molecular flexibility index (Phi) is 9.83. The van der Waals surface area contributed by atoms with E-state index >= 15 is 0 Å². The normalized spacial score (nSPS) is 9.75. The van der Waals surface area contributed by atoms with Gasteiger partial charge in [0.15, 0.2) is 0 Å². The fraction of sp³-hybridized carbons (Fsp3) is 0. The first kappa shape index (κ1) is 12.1. The van der Waals surface area contributed by atoms with Crippen molar-refractivity contribution < 1.29 is 75.0 Å². The fourth-order valence-electron chi connectivity index (χ4n) is 0.0389. The monoisotopic (exact) mass is 174 g/mol. The van der Waals surface area contributed by atoms with Gasteiger partial charge >= 0.3 is 55.0 Å². The minimum absolute atomic E-state index is 0. The van der Waals surface area contributed by atoms with Crippen molar-refractivity contribution in [3.05, 3.63) is 0 Å². The molecule has 0 bridgehead atoms. The van der Waals surface area contributed by atoms with E-state index in [1.807, 2.05) is 0 Å². The Hall–Kier alpha value is 1.38. The quantitative estimate of drug-likeness (QED) is 0.388. The van der Waals surface area contributed by atoms with Crippen molar-refractivity contribution in [1.29, 1.82) is 0 Å². The van der Waals surface area contributed by atoms with Crippen LogP contribution in [0.2, 0.25) is 0 Å². The van der Waals surface area contributed by atoms with Crippen molar-refractivity contribution in [3.63, 3.8) is 0 Å². The van der Waals surface area contributed by atoms with Crippen molar-refractivity contribution in [2.75, 3.05) is 0 Å². The van der Waals surface area contributed by atoms with Gasteiger partial charge in [-0.15, -0.1) is 0 Å². The summed E-state index contributed by atoms with van der Waals surface area (Å²) in [6.07, 6.45) is 0. The van der Waals surface area contributed by atoms with Gasteiger partial charge in [-0.05, 0) is 0 Å². The molecule has 0 aromatic carbocycles. The molecule has 8 heteroatoms. The van der Waals surface area contributed by atoms with E-state index in [2.05, 4.69) is 3.84 Å². The number of halogens is 2. The summed E-state index contributed by atoms with van der Waals surface area (Å²) in [6, 6.07) is 0. The molecule has 0 rings (SSSR count). The third-order valence-corrected chi connectivity index (χ3v) is 0.857. The maximum absolute atomic E-state index is 9.15. The van der Waals surface area contributed by atoms with Gasteiger partial charge in [-0.25, -0.2) is 0 Å². The van der Waals surface area contributed by atoms with Gasteiger partial charge in [0, 0.05) is 0 Å². The summed E-state index contributed by atoms with van der Waals surface area (Å²) in [7, 11) is -5.36. The molecule has 5 nitrogen and oxygen atoms in total. The topological polar surface area (TPSA) is 101 Å². The van der Waals surface area contributed by atoms with E-state index in [0.29, 0.717) is 0 Å². The Morgan fingerprint density at radius 2 is 1.25 bits per heavy atom. The van der Waals surface area contributed by atoms with Crippen LogP contribution in [0.5, 0.6) is 0 Å². The molecule has 0 aliphatic carbocycles. The van der Waals surface area contributed by atoms with Gasteiger partial charge < -0.3 is 20.1 Å². The summed E-state index contributed by atoms with van der Waals surface area (Å²) >= 11 is 0. The van der Waals surface area contributed by atoms with Crippen LogP contribution in [0, 0.1) is 21.6 Å². The smallest absolute Gasteiger partial charge is 1.00 e. The van der Waals surface area contributed by atoms with Gasteiger partial charge in [-0.2, -0.15) is 0 Å². The van der Waals surface area contributed by atoms with Gasteiger partial charge in [0.25, 0.3) is 0 Å². The van der Waals surface area contributed by atoms with Crippen molar-refractivity contribution in [2.24, 2.45) is 0 Å². The van der Waals surface area contributed by atoms with E-state index in [0.717, 1.165) is 0 Å². The van der Waals surface area contributed by atoms with Crippen LogP contribution in [0.1, 0.15) is 1.43 Å². The van der Waals surface area contributed by atoms with Crippen LogP contribution in [-0.2, 0) is 3.84 Å². The number of rotatable bonds is 2. The average Bonchev–Trinajstić information content (AvgIpc) is 1.27. The van der Waals surface area contributed by atoms with E-state index in [-0.39, 0.29) is 31.0 Å². The molecule has 0 saturated heterocycles. The van der Waals surface area contributed by atoms with Crippen LogP contribution in [0.3, 0.4) is 0 Å². The second-order valence-corrected chi connectivity index (χ2v) is 1.66. The van der Waals surface area contributed by atoms with Crippen molar-refractivity contribution >= 4 is 0 Å². The molecule has 0 aromatic heterocycles. The predicted octanol–water partition coefficient (Wildman–Crippen LogP) is -7.71. The molecule has 8 heavy (non-hydrogen) atoms. The maximum atomic E-state index is 9.15. The zero-order valence-corrected chi connectivity index (χ0v) is 7.31. The first-order valence-electron chi connectivity index (χ1n) is 0.926. The molecule has 46 valence electrons. The average molecular weight is 175 g/mol. The zero-order chi connectivity index (χ0) is 5.86. The SMILES string of the molecule is [H-].[Na+].[O-][Cl+2]([O-])O[Cl+2]([O-])[O-]. The molecule has 0 N–H and O–H groups in total. The fourth-order valence-corrected chi connectivity index (χ4v) is 0.350. The van der Waals surface area contributed by atoms with Crippen LogP contribution < -0.4 is 48.2 Å². The van der Waals surface area contributed by atoms with E-state index in [4.69, 9.17) is 18.6 Å². The van der Waals surface area contributed by atoms with Gasteiger partial charge in [0.2, 0.25) is 0 Å². The van der Waals surface area contributed by atoms with E-state index in [1.165, 1.54) is 0 Å². The molecule has 0 aliphatic rings. The van der Waals surface area contributed by atoms with E-state index in [9.17, 15) is 0 Å². The number of hydrogen-bond acceptors (Lipinski definition) is 5. The third-order valence-electron chi connectivity index (χ3n) is 0.0952. The Morgan fingerprint density at radius 3 is 1.25 bits per heavy atom. The van der Waals surface area contributed by atoms with Crippen LogP contribution in [-0.4, -0.2) is 0 Å². The Morgan fingerprint density at radius 1 is 1.00 bits per heavy atom. The molecule has 0 heterocycles. The summed E-state index contributed by atoms with van der Waals surface area (Å²) in [4.78, 5) is 0. The van der Waals surface area contributed by atoms with Crippen molar-refractivity contribution in [2.45, 2.75) is 0 Å². The standard InChI is InChI=1S/Cl2O5.Na.H/c3-1(4)7-2(5)6;;/q;+1;-1. The van der Waals surface area contributed by atoms with Gasteiger partial charge in [0.05, 0.1) is 0 Å². The van der Waals surface area contributed by atoms with Gasteiger partial charge in [0.1, 0.15) is 0 Å². The molecular formula is HCl2NaO5. The summed E-state index contributed by atoms with van der Waals surface area (Å²) in [5.74, 6) is 0. The van der Waals surface area contributed by atoms with Gasteiger partial charge in [-0.3, -0.25) is 0 Å². The summed E-state index contributed by atoms with van der Waals surface area (Å²) in [5, 5.41) is 0. The summed E-state index contributed by atoms with van der Waals surface area (Å²) in [6.45, 7) is 0. The molecule has 0 saturated carbocycles. The maximum Gasteiger partial charge on any atom is 1.00 e. The molecule has 0 aromatic rings. The summed E-state index contributed by atoms with van der Waals surface area (Å²) < 4.78 is 39.6. The second kappa shape index (κ2) is 6.50. The molecule has 0 aliphatic heterocycles. The largest absolute Gasteiger partial charge is 1.00 e. The first-order chi connectivity index (χ1) is 3.13. The second-order valence-electron chi connectivity index (χ2n) is 0.436. The Labute approximate surface area is 74.8 Å². The minimum atomic E-state index is -2.68. The molecule has 0 amide bonds. The molecule has 0 spiro atoms. The molecule has 0 fully saturated rings. The third kappa shape index (κ3) is 10.4. The number of hydrogen-bond donors (Lipinski definition) is 0. The van der Waals surface area contributed by atoms with Crippen LogP contribution in [0.4, 0.5) is 0 Å². The van der Waals surface area contributed by atoms with E-state index < -0.39 is 21.6 Å². The van der Waals surface area contributed by atoms with Crippen LogP contribution in [0.25, 0.3) is 0 Å². The Balaban J connectivity index is -0.000000180. The molecular weight excluding hydrogens is 174 g/mol. The Bertz CT molecular complexity index is 44.2.